The van der Waals surface area contributed by atoms with Crippen molar-refractivity contribution in [3.8, 4) is 0 Å². The summed E-state index contributed by atoms with van der Waals surface area (Å²) >= 11 is 0. The number of aromatic nitrogens is 3. The number of carbonyl (C=O) groups is 1. The van der Waals surface area contributed by atoms with E-state index in [0.29, 0.717) is 18.1 Å². The molecule has 3 aromatic heterocycles. The second-order valence-electron chi connectivity index (χ2n) is 5.96. The molecule has 24 heavy (non-hydrogen) atoms. The van der Waals surface area contributed by atoms with Gasteiger partial charge in [-0.15, -0.1) is 10.2 Å². The molecule has 3 aromatic rings. The maximum absolute atomic E-state index is 12.9. The molecule has 0 aliphatic carbocycles. The number of likely N-dealkylation sites (tertiary alicyclic amines) is 1. The topological polar surface area (TPSA) is 75.7 Å². The average Bonchev–Trinajstić information content (AvgIpc) is 3.20. The molecule has 1 fully saturated rings. The van der Waals surface area contributed by atoms with Crippen LogP contribution in [0.2, 0.25) is 0 Å². The minimum absolute atomic E-state index is 0.0401. The second-order valence-corrected chi connectivity index (χ2v) is 5.96. The van der Waals surface area contributed by atoms with Gasteiger partial charge in [-0.3, -0.25) is 9.72 Å². The van der Waals surface area contributed by atoms with Crippen molar-refractivity contribution in [1.82, 2.24) is 19.5 Å². The number of hydrogen-bond acceptors (Lipinski definition) is 4. The standard InChI is InChI=1S/C17H19N5O2/c23-17(18-16-20-19-15-9-3-5-11-22(15)16)21-10-4-1-2-7-13(21)14-8-6-12-24-14/h3,5-6,8-9,11-13H,1-2,4,7,10H2,(H,18,20,23). The van der Waals surface area contributed by atoms with Gasteiger partial charge < -0.3 is 9.32 Å². The van der Waals surface area contributed by atoms with Crippen molar-refractivity contribution in [1.29, 1.82) is 0 Å². The van der Waals surface area contributed by atoms with Crippen molar-refractivity contribution >= 4 is 17.6 Å². The number of pyridine rings is 1. The van der Waals surface area contributed by atoms with Gasteiger partial charge in [-0.25, -0.2) is 4.79 Å². The highest BCUT2D eigenvalue weighted by Gasteiger charge is 2.29. The first-order valence-corrected chi connectivity index (χ1v) is 8.24. The molecule has 7 heteroatoms. The first kappa shape index (κ1) is 14.7. The fourth-order valence-corrected chi connectivity index (χ4v) is 3.22. The lowest BCUT2D eigenvalue weighted by Gasteiger charge is -2.28. The maximum Gasteiger partial charge on any atom is 0.324 e. The van der Waals surface area contributed by atoms with E-state index in [1.165, 1.54) is 0 Å². The van der Waals surface area contributed by atoms with E-state index < -0.39 is 0 Å². The minimum Gasteiger partial charge on any atom is -0.467 e. The summed E-state index contributed by atoms with van der Waals surface area (Å²) in [6.45, 7) is 0.702. The van der Waals surface area contributed by atoms with Gasteiger partial charge in [-0.05, 0) is 37.1 Å². The van der Waals surface area contributed by atoms with Crippen molar-refractivity contribution in [2.45, 2.75) is 31.7 Å². The van der Waals surface area contributed by atoms with E-state index in [2.05, 4.69) is 15.5 Å². The Morgan fingerprint density at radius 3 is 3.00 bits per heavy atom. The number of nitrogens with zero attached hydrogens (tertiary/aromatic N) is 4. The monoisotopic (exact) mass is 325 g/mol. The predicted octanol–water partition coefficient (Wildman–Crippen LogP) is 3.47. The van der Waals surface area contributed by atoms with Gasteiger partial charge in [-0.2, -0.15) is 0 Å². The van der Waals surface area contributed by atoms with Crippen molar-refractivity contribution in [2.24, 2.45) is 0 Å². The highest BCUT2D eigenvalue weighted by Crippen LogP contribution is 2.30. The minimum atomic E-state index is -0.170. The summed E-state index contributed by atoms with van der Waals surface area (Å²) in [4.78, 5) is 14.7. The van der Waals surface area contributed by atoms with Crippen molar-refractivity contribution in [3.05, 3.63) is 48.6 Å². The van der Waals surface area contributed by atoms with Crippen LogP contribution in [0, 0.1) is 0 Å². The van der Waals surface area contributed by atoms with E-state index in [9.17, 15) is 4.79 Å². The summed E-state index contributed by atoms with van der Waals surface area (Å²) in [7, 11) is 0. The molecule has 0 radical (unpaired) electrons. The van der Waals surface area contributed by atoms with E-state index in [-0.39, 0.29) is 12.1 Å². The number of urea groups is 1. The zero-order chi connectivity index (χ0) is 16.4. The molecule has 2 amide bonds. The van der Waals surface area contributed by atoms with Crippen LogP contribution in [-0.4, -0.2) is 32.1 Å². The third-order valence-corrected chi connectivity index (χ3v) is 4.42. The van der Waals surface area contributed by atoms with Crippen LogP contribution in [0.5, 0.6) is 0 Å². The number of furan rings is 1. The summed E-state index contributed by atoms with van der Waals surface area (Å²) in [5, 5.41) is 11.0. The molecule has 1 saturated heterocycles. The fraction of sp³-hybridized carbons (Fsp3) is 0.353. The normalized spacial score (nSPS) is 18.5. The number of nitrogens with one attached hydrogen (secondary N) is 1. The fourth-order valence-electron chi connectivity index (χ4n) is 3.22. The summed E-state index contributed by atoms with van der Waals surface area (Å²) in [6, 6.07) is 9.20. The van der Waals surface area contributed by atoms with E-state index >= 15 is 0 Å². The van der Waals surface area contributed by atoms with Crippen LogP contribution in [0.25, 0.3) is 5.65 Å². The van der Waals surface area contributed by atoms with E-state index in [1.807, 2.05) is 41.4 Å². The molecular formula is C17H19N5O2. The molecule has 1 atom stereocenters. The molecule has 1 aliphatic rings. The Morgan fingerprint density at radius 2 is 2.12 bits per heavy atom. The zero-order valence-electron chi connectivity index (χ0n) is 13.3. The van der Waals surface area contributed by atoms with Crippen LogP contribution in [0.1, 0.15) is 37.5 Å². The van der Waals surface area contributed by atoms with E-state index in [0.717, 1.165) is 31.4 Å². The van der Waals surface area contributed by atoms with Gasteiger partial charge in [0.05, 0.1) is 12.3 Å². The smallest absolute Gasteiger partial charge is 0.324 e. The molecule has 1 unspecified atom stereocenters. The molecule has 4 heterocycles. The third kappa shape index (κ3) is 2.73. The Morgan fingerprint density at radius 1 is 1.17 bits per heavy atom. The molecule has 0 aromatic carbocycles. The Balaban J connectivity index is 1.59. The van der Waals surface area contributed by atoms with E-state index in [4.69, 9.17) is 4.42 Å². The van der Waals surface area contributed by atoms with Gasteiger partial charge in [0.15, 0.2) is 5.65 Å². The molecule has 124 valence electrons. The molecule has 0 bridgehead atoms. The Hall–Kier alpha value is -2.83. The molecule has 7 nitrogen and oxygen atoms in total. The lowest BCUT2D eigenvalue weighted by atomic mass is 10.1. The van der Waals surface area contributed by atoms with Gasteiger partial charge >= 0.3 is 6.03 Å². The van der Waals surface area contributed by atoms with Crippen molar-refractivity contribution in [2.75, 3.05) is 11.9 Å². The number of hydrogen-bond donors (Lipinski definition) is 1. The van der Waals surface area contributed by atoms with Crippen LogP contribution in [-0.2, 0) is 0 Å². The Bertz CT molecular complexity index is 827. The quantitative estimate of drug-likeness (QED) is 0.783. The summed E-state index contributed by atoms with van der Waals surface area (Å²) in [5.41, 5.74) is 0.700. The zero-order valence-corrected chi connectivity index (χ0v) is 13.3. The van der Waals surface area contributed by atoms with Crippen LogP contribution in [0.3, 0.4) is 0 Å². The van der Waals surface area contributed by atoms with E-state index in [1.54, 1.807) is 10.7 Å². The summed E-state index contributed by atoms with van der Waals surface area (Å²) in [6.07, 6.45) is 7.59. The number of anilines is 1. The summed E-state index contributed by atoms with van der Waals surface area (Å²) in [5.74, 6) is 1.26. The molecule has 0 spiro atoms. The SMILES string of the molecule is O=C(Nc1nnc2ccccn12)N1CCCCCC1c1ccco1. The maximum atomic E-state index is 12.9. The van der Waals surface area contributed by atoms with Crippen LogP contribution in [0.4, 0.5) is 10.7 Å². The van der Waals surface area contributed by atoms with Gasteiger partial charge in [-0.1, -0.05) is 18.9 Å². The predicted molar refractivity (Wildman–Crippen MR) is 88.6 cm³/mol. The highest BCUT2D eigenvalue weighted by atomic mass is 16.3. The van der Waals surface area contributed by atoms with Crippen molar-refractivity contribution < 1.29 is 9.21 Å². The Labute approximate surface area is 139 Å². The molecule has 0 saturated carbocycles. The molecular weight excluding hydrogens is 306 g/mol. The highest BCUT2D eigenvalue weighted by molar-refractivity contribution is 5.88. The number of amides is 2. The molecule has 4 rings (SSSR count). The number of fused-ring (bicyclic) bond motifs is 1. The number of carbonyl (C=O) groups excluding carboxylic acids is 1. The van der Waals surface area contributed by atoms with Gasteiger partial charge in [0.25, 0.3) is 0 Å². The summed E-state index contributed by atoms with van der Waals surface area (Å²) < 4.78 is 7.32. The lowest BCUT2D eigenvalue weighted by Crippen LogP contribution is -2.38. The second kappa shape index (κ2) is 6.35. The molecule has 1 aliphatic heterocycles. The van der Waals surface area contributed by atoms with Crippen LogP contribution >= 0.6 is 0 Å². The largest absolute Gasteiger partial charge is 0.467 e. The third-order valence-electron chi connectivity index (χ3n) is 4.42. The van der Waals surface area contributed by atoms with Gasteiger partial charge in [0.1, 0.15) is 5.76 Å². The van der Waals surface area contributed by atoms with Crippen LogP contribution in [0.15, 0.2) is 47.2 Å². The van der Waals surface area contributed by atoms with Gasteiger partial charge in [0, 0.05) is 12.7 Å². The first-order valence-electron chi connectivity index (χ1n) is 8.24. The number of rotatable bonds is 2. The van der Waals surface area contributed by atoms with Crippen molar-refractivity contribution in [3.63, 3.8) is 0 Å². The lowest BCUT2D eigenvalue weighted by molar-refractivity contribution is 0.179. The Kier molecular flexibility index (Phi) is 3.90. The van der Waals surface area contributed by atoms with Gasteiger partial charge in [0.2, 0.25) is 5.95 Å². The average molecular weight is 325 g/mol. The molecule has 1 N–H and O–H groups in total. The first-order chi connectivity index (χ1) is 11.8. The van der Waals surface area contributed by atoms with Crippen LogP contribution < -0.4 is 5.32 Å².